The topological polar surface area (TPSA) is 24.5 Å². The van der Waals surface area contributed by atoms with Gasteiger partial charge in [0.15, 0.2) is 0 Å². The number of hydrogen-bond donors (Lipinski definition) is 1. The van der Waals surface area contributed by atoms with Crippen molar-refractivity contribution in [3.63, 3.8) is 0 Å². The molecule has 3 unspecified atom stereocenters. The fourth-order valence-corrected chi connectivity index (χ4v) is 3.29. The molecule has 0 saturated carbocycles. The number of ether oxygens (including phenoxy) is 1. The van der Waals surface area contributed by atoms with E-state index in [1.807, 2.05) is 0 Å². The molecule has 0 spiro atoms. The summed E-state index contributed by atoms with van der Waals surface area (Å²) in [6.07, 6.45) is 1.50. The monoisotopic (exact) mass is 290 g/mol. The van der Waals surface area contributed by atoms with Gasteiger partial charge in [0.2, 0.25) is 0 Å². The number of benzene rings is 1. The molecular weight excluding hydrogens is 260 g/mol. The summed E-state index contributed by atoms with van der Waals surface area (Å²) in [6.45, 7) is 12.0. The van der Waals surface area contributed by atoms with E-state index in [2.05, 4.69) is 61.3 Å². The predicted molar refractivity (Wildman–Crippen MR) is 88.5 cm³/mol. The molecule has 1 heterocycles. The Morgan fingerprint density at radius 3 is 2.81 bits per heavy atom. The molecule has 118 valence electrons. The van der Waals surface area contributed by atoms with Gasteiger partial charge in [0, 0.05) is 32.3 Å². The molecule has 1 aliphatic heterocycles. The van der Waals surface area contributed by atoms with Crippen LogP contribution in [0.4, 0.5) is 0 Å². The van der Waals surface area contributed by atoms with E-state index in [1.54, 1.807) is 0 Å². The highest BCUT2D eigenvalue weighted by Gasteiger charge is 2.23. The third kappa shape index (κ3) is 5.10. The number of nitrogens with one attached hydrogen (secondary N) is 1. The quantitative estimate of drug-likeness (QED) is 0.871. The van der Waals surface area contributed by atoms with Crippen molar-refractivity contribution in [1.82, 2.24) is 10.2 Å². The third-order valence-electron chi connectivity index (χ3n) is 4.23. The minimum absolute atomic E-state index is 0.356. The van der Waals surface area contributed by atoms with Crippen LogP contribution in [0.1, 0.15) is 38.8 Å². The molecule has 1 aliphatic rings. The lowest BCUT2D eigenvalue weighted by Gasteiger charge is -2.31. The van der Waals surface area contributed by atoms with Crippen molar-refractivity contribution in [3.8, 4) is 0 Å². The molecule has 3 atom stereocenters. The molecule has 1 N–H and O–H groups in total. The Morgan fingerprint density at radius 1 is 1.33 bits per heavy atom. The maximum atomic E-state index is 5.75. The molecule has 1 aromatic rings. The highest BCUT2D eigenvalue weighted by atomic mass is 16.5. The zero-order valence-electron chi connectivity index (χ0n) is 13.7. The van der Waals surface area contributed by atoms with Crippen LogP contribution in [0.2, 0.25) is 0 Å². The lowest BCUT2D eigenvalue weighted by atomic mass is 9.93. The summed E-state index contributed by atoms with van der Waals surface area (Å²) >= 11 is 0. The Bertz CT molecular complexity index is 395. The maximum absolute atomic E-state index is 5.75. The molecule has 0 amide bonds. The molecule has 21 heavy (non-hydrogen) atoms. The van der Waals surface area contributed by atoms with E-state index in [-0.39, 0.29) is 0 Å². The van der Waals surface area contributed by atoms with Crippen molar-refractivity contribution in [3.05, 3.63) is 35.9 Å². The Balaban J connectivity index is 1.99. The van der Waals surface area contributed by atoms with E-state index in [9.17, 15) is 0 Å². The fourth-order valence-electron chi connectivity index (χ4n) is 3.29. The van der Waals surface area contributed by atoms with Gasteiger partial charge in [0.25, 0.3) is 0 Å². The van der Waals surface area contributed by atoms with E-state index >= 15 is 0 Å². The summed E-state index contributed by atoms with van der Waals surface area (Å²) in [7, 11) is 0. The van der Waals surface area contributed by atoms with Gasteiger partial charge in [-0.1, -0.05) is 44.2 Å². The van der Waals surface area contributed by atoms with Crippen LogP contribution in [0.5, 0.6) is 0 Å². The van der Waals surface area contributed by atoms with Crippen LogP contribution in [0, 0.1) is 5.92 Å². The third-order valence-corrected chi connectivity index (χ3v) is 4.23. The Kier molecular flexibility index (Phi) is 6.68. The van der Waals surface area contributed by atoms with E-state index in [1.165, 1.54) is 5.56 Å². The Labute approximate surface area is 129 Å². The standard InChI is InChI=1S/C18H30N2O/c1-4-19-18(17-9-6-5-7-10-17)15(2)13-20-11-8-12-21-16(3)14-20/h5-7,9-10,15-16,18-19H,4,8,11-14H2,1-3H3. The first kappa shape index (κ1) is 16.5. The van der Waals surface area contributed by atoms with Gasteiger partial charge in [0.1, 0.15) is 0 Å². The summed E-state index contributed by atoms with van der Waals surface area (Å²) < 4.78 is 5.75. The zero-order valence-corrected chi connectivity index (χ0v) is 13.7. The lowest BCUT2D eigenvalue weighted by molar-refractivity contribution is 0.0648. The number of rotatable bonds is 6. The normalized spacial score (nSPS) is 23.5. The number of nitrogens with zero attached hydrogens (tertiary/aromatic N) is 1. The van der Waals surface area contributed by atoms with Gasteiger partial charge in [-0.25, -0.2) is 0 Å². The molecule has 2 rings (SSSR count). The van der Waals surface area contributed by atoms with Gasteiger partial charge in [-0.3, -0.25) is 0 Å². The molecule has 0 bridgehead atoms. The van der Waals surface area contributed by atoms with Crippen LogP contribution in [-0.4, -0.2) is 43.8 Å². The predicted octanol–water partition coefficient (Wildman–Crippen LogP) is 3.08. The first-order valence-electron chi connectivity index (χ1n) is 8.33. The van der Waals surface area contributed by atoms with Gasteiger partial charge in [0.05, 0.1) is 6.10 Å². The Morgan fingerprint density at radius 2 is 2.10 bits per heavy atom. The van der Waals surface area contributed by atoms with Gasteiger partial charge in [-0.15, -0.1) is 0 Å². The maximum Gasteiger partial charge on any atom is 0.0673 e. The smallest absolute Gasteiger partial charge is 0.0673 e. The van der Waals surface area contributed by atoms with Gasteiger partial charge >= 0.3 is 0 Å². The van der Waals surface area contributed by atoms with Crippen LogP contribution in [0.15, 0.2) is 30.3 Å². The molecular formula is C18H30N2O. The van der Waals surface area contributed by atoms with E-state index in [0.717, 1.165) is 39.2 Å². The minimum Gasteiger partial charge on any atom is -0.377 e. The van der Waals surface area contributed by atoms with Gasteiger partial charge in [-0.2, -0.15) is 0 Å². The lowest BCUT2D eigenvalue weighted by Crippen LogP contribution is -2.38. The van der Waals surface area contributed by atoms with E-state index in [4.69, 9.17) is 4.74 Å². The van der Waals surface area contributed by atoms with Crippen LogP contribution >= 0.6 is 0 Å². The first-order chi connectivity index (χ1) is 10.2. The van der Waals surface area contributed by atoms with Crippen molar-refractivity contribution >= 4 is 0 Å². The second-order valence-electron chi connectivity index (χ2n) is 6.22. The van der Waals surface area contributed by atoms with E-state index < -0.39 is 0 Å². The highest BCUT2D eigenvalue weighted by Crippen LogP contribution is 2.23. The number of hydrogen-bond acceptors (Lipinski definition) is 3. The molecule has 1 fully saturated rings. The van der Waals surface area contributed by atoms with Crippen molar-refractivity contribution in [1.29, 1.82) is 0 Å². The first-order valence-corrected chi connectivity index (χ1v) is 8.33. The highest BCUT2D eigenvalue weighted by molar-refractivity contribution is 5.19. The fraction of sp³-hybridized carbons (Fsp3) is 0.667. The molecule has 0 aromatic heterocycles. The van der Waals surface area contributed by atoms with Gasteiger partial charge < -0.3 is 15.0 Å². The molecule has 1 aromatic carbocycles. The van der Waals surface area contributed by atoms with E-state index in [0.29, 0.717) is 18.1 Å². The van der Waals surface area contributed by atoms with Crippen molar-refractivity contribution in [2.75, 3.05) is 32.8 Å². The minimum atomic E-state index is 0.356. The summed E-state index contributed by atoms with van der Waals surface area (Å²) in [5.41, 5.74) is 1.39. The zero-order chi connectivity index (χ0) is 15.1. The van der Waals surface area contributed by atoms with Crippen molar-refractivity contribution in [2.24, 2.45) is 5.92 Å². The summed E-state index contributed by atoms with van der Waals surface area (Å²) in [6, 6.07) is 11.2. The molecule has 3 nitrogen and oxygen atoms in total. The second kappa shape index (κ2) is 8.52. The summed E-state index contributed by atoms with van der Waals surface area (Å²) in [5.74, 6) is 0.581. The van der Waals surface area contributed by atoms with Crippen molar-refractivity contribution < 1.29 is 4.74 Å². The molecule has 0 aliphatic carbocycles. The average molecular weight is 290 g/mol. The Hall–Kier alpha value is -0.900. The molecule has 0 radical (unpaired) electrons. The SMILES string of the molecule is CCNC(c1ccccc1)C(C)CN1CCCOC(C)C1. The van der Waals surface area contributed by atoms with Gasteiger partial charge in [-0.05, 0) is 31.4 Å². The largest absolute Gasteiger partial charge is 0.377 e. The summed E-state index contributed by atoms with van der Waals surface area (Å²) in [5, 5.41) is 3.66. The van der Waals surface area contributed by atoms with Crippen LogP contribution in [0.3, 0.4) is 0 Å². The molecule has 3 heteroatoms. The molecule has 1 saturated heterocycles. The average Bonchev–Trinajstić information content (AvgIpc) is 2.69. The van der Waals surface area contributed by atoms with Crippen LogP contribution < -0.4 is 5.32 Å². The van der Waals surface area contributed by atoms with Crippen LogP contribution in [-0.2, 0) is 4.74 Å². The van der Waals surface area contributed by atoms with Crippen LogP contribution in [0.25, 0.3) is 0 Å². The van der Waals surface area contributed by atoms with Crippen molar-refractivity contribution in [2.45, 2.75) is 39.3 Å². The second-order valence-corrected chi connectivity index (χ2v) is 6.22. The summed E-state index contributed by atoms with van der Waals surface area (Å²) in [4.78, 5) is 2.57.